The summed E-state index contributed by atoms with van der Waals surface area (Å²) in [5.41, 5.74) is -1.08. The van der Waals surface area contributed by atoms with Crippen molar-refractivity contribution in [1.29, 1.82) is 5.26 Å². The number of nitriles is 1. The van der Waals surface area contributed by atoms with Crippen LogP contribution in [0.3, 0.4) is 0 Å². The van der Waals surface area contributed by atoms with E-state index in [0.29, 0.717) is 6.42 Å². The topological polar surface area (TPSA) is 59.3 Å². The van der Waals surface area contributed by atoms with Gasteiger partial charge in [-0.15, -0.1) is 0 Å². The maximum atomic E-state index is 10.8. The van der Waals surface area contributed by atoms with Gasteiger partial charge in [-0.2, -0.15) is 5.26 Å². The molecular formula is C9H9NO3. The predicted octanol–water partition coefficient (Wildman–Crippen LogP) is 0.539. The summed E-state index contributed by atoms with van der Waals surface area (Å²) in [6, 6.07) is 2.02. The lowest BCUT2D eigenvalue weighted by atomic mass is 9.90. The molecule has 2 aliphatic heterocycles. The summed E-state index contributed by atoms with van der Waals surface area (Å²) in [6.45, 7) is 1.30. The monoisotopic (exact) mass is 179 g/mol. The van der Waals surface area contributed by atoms with Crippen molar-refractivity contribution >= 4 is 5.97 Å². The molecule has 1 fully saturated rings. The fraction of sp³-hybridized carbons (Fsp3) is 0.556. The van der Waals surface area contributed by atoms with Crippen LogP contribution in [-0.2, 0) is 14.3 Å². The van der Waals surface area contributed by atoms with Crippen LogP contribution in [0.25, 0.3) is 0 Å². The van der Waals surface area contributed by atoms with Crippen molar-refractivity contribution in [3.8, 4) is 6.07 Å². The molecule has 4 nitrogen and oxygen atoms in total. The lowest BCUT2D eigenvalue weighted by molar-refractivity contribution is -0.154. The Morgan fingerprint density at radius 1 is 1.77 bits per heavy atom. The van der Waals surface area contributed by atoms with Crippen molar-refractivity contribution < 1.29 is 14.3 Å². The van der Waals surface area contributed by atoms with E-state index < -0.39 is 11.6 Å². The van der Waals surface area contributed by atoms with Crippen LogP contribution in [0, 0.1) is 11.3 Å². The number of carbonyl (C=O) groups is 1. The summed E-state index contributed by atoms with van der Waals surface area (Å²) in [5, 5.41) is 8.95. The zero-order valence-electron chi connectivity index (χ0n) is 7.19. The van der Waals surface area contributed by atoms with Gasteiger partial charge in [0.25, 0.3) is 0 Å². The summed E-state index contributed by atoms with van der Waals surface area (Å²) in [4.78, 5) is 10.8. The first-order valence-electron chi connectivity index (χ1n) is 4.11. The molecular weight excluding hydrogens is 170 g/mol. The molecule has 2 rings (SSSR count). The van der Waals surface area contributed by atoms with Crippen LogP contribution in [0.5, 0.6) is 0 Å². The number of ether oxygens (including phenoxy) is 2. The third-order valence-electron chi connectivity index (χ3n) is 2.30. The average Bonchev–Trinajstić information content (AvgIpc) is 2.62. The van der Waals surface area contributed by atoms with Gasteiger partial charge in [-0.05, 0) is 0 Å². The van der Waals surface area contributed by atoms with Crippen LogP contribution in [0.1, 0.15) is 13.3 Å². The Bertz CT molecular complexity index is 317. The standard InChI is InChI=1S/C9H9NO3/c1-6(11)13-9(5-10)4-7-2-3-8(9)12-7/h2-3,7-8H,4H2,1H3/t7-,8+,9+/m0/s1. The summed E-state index contributed by atoms with van der Waals surface area (Å²) >= 11 is 0. The Hall–Kier alpha value is -1.34. The van der Waals surface area contributed by atoms with E-state index in [1.54, 1.807) is 6.08 Å². The van der Waals surface area contributed by atoms with Crippen molar-refractivity contribution in [3.63, 3.8) is 0 Å². The predicted molar refractivity (Wildman–Crippen MR) is 42.5 cm³/mol. The number of rotatable bonds is 1. The maximum absolute atomic E-state index is 10.8. The molecule has 2 heterocycles. The molecule has 2 aliphatic rings. The molecule has 4 heteroatoms. The lowest BCUT2D eigenvalue weighted by Crippen LogP contribution is -2.40. The van der Waals surface area contributed by atoms with Crippen LogP contribution in [-0.4, -0.2) is 23.8 Å². The Balaban J connectivity index is 2.24. The molecule has 68 valence electrons. The Morgan fingerprint density at radius 3 is 2.92 bits per heavy atom. The fourth-order valence-corrected chi connectivity index (χ4v) is 1.79. The van der Waals surface area contributed by atoms with Gasteiger partial charge in [0.05, 0.1) is 6.10 Å². The molecule has 0 aliphatic carbocycles. The van der Waals surface area contributed by atoms with Crippen LogP contribution in [0.2, 0.25) is 0 Å². The molecule has 0 saturated carbocycles. The van der Waals surface area contributed by atoms with Crippen LogP contribution >= 0.6 is 0 Å². The average molecular weight is 179 g/mol. The van der Waals surface area contributed by atoms with Crippen molar-refractivity contribution in [1.82, 2.24) is 0 Å². The normalized spacial score (nSPS) is 40.3. The van der Waals surface area contributed by atoms with E-state index in [1.807, 2.05) is 12.1 Å². The first-order chi connectivity index (χ1) is 6.16. The molecule has 2 bridgehead atoms. The molecule has 13 heavy (non-hydrogen) atoms. The van der Waals surface area contributed by atoms with Gasteiger partial charge in [0.1, 0.15) is 12.2 Å². The highest BCUT2D eigenvalue weighted by Crippen LogP contribution is 2.39. The minimum absolute atomic E-state index is 0.0657. The van der Waals surface area contributed by atoms with E-state index in [2.05, 4.69) is 0 Å². The van der Waals surface area contributed by atoms with Gasteiger partial charge in [-0.3, -0.25) is 4.79 Å². The second-order valence-corrected chi connectivity index (χ2v) is 3.28. The molecule has 0 aromatic carbocycles. The molecule has 0 radical (unpaired) electrons. The second-order valence-electron chi connectivity index (χ2n) is 3.28. The largest absolute Gasteiger partial charge is 0.440 e. The fourth-order valence-electron chi connectivity index (χ4n) is 1.79. The van der Waals surface area contributed by atoms with Gasteiger partial charge < -0.3 is 9.47 Å². The first kappa shape index (κ1) is 8.27. The lowest BCUT2D eigenvalue weighted by Gasteiger charge is -2.24. The van der Waals surface area contributed by atoms with Crippen molar-refractivity contribution in [2.45, 2.75) is 31.2 Å². The highest BCUT2D eigenvalue weighted by Gasteiger charge is 2.53. The number of hydrogen-bond donors (Lipinski definition) is 0. The van der Waals surface area contributed by atoms with Crippen molar-refractivity contribution in [2.75, 3.05) is 0 Å². The first-order valence-corrected chi connectivity index (χ1v) is 4.11. The van der Waals surface area contributed by atoms with Gasteiger partial charge >= 0.3 is 5.97 Å². The van der Waals surface area contributed by atoms with E-state index in [4.69, 9.17) is 14.7 Å². The Morgan fingerprint density at radius 2 is 2.54 bits per heavy atom. The molecule has 0 N–H and O–H groups in total. The maximum Gasteiger partial charge on any atom is 0.304 e. The number of esters is 1. The van der Waals surface area contributed by atoms with E-state index in [1.165, 1.54) is 6.92 Å². The third kappa shape index (κ3) is 1.12. The molecule has 0 aromatic heterocycles. The van der Waals surface area contributed by atoms with E-state index in [0.717, 1.165) is 0 Å². The number of fused-ring (bicyclic) bond motifs is 2. The van der Waals surface area contributed by atoms with Gasteiger partial charge in [-0.25, -0.2) is 0 Å². The van der Waals surface area contributed by atoms with E-state index in [-0.39, 0.29) is 12.2 Å². The minimum Gasteiger partial charge on any atom is -0.440 e. The summed E-state index contributed by atoms with van der Waals surface area (Å²) in [7, 11) is 0. The molecule has 1 saturated heterocycles. The van der Waals surface area contributed by atoms with Crippen LogP contribution < -0.4 is 0 Å². The van der Waals surface area contributed by atoms with Gasteiger partial charge in [0, 0.05) is 13.3 Å². The van der Waals surface area contributed by atoms with E-state index >= 15 is 0 Å². The van der Waals surface area contributed by atoms with Crippen LogP contribution in [0.4, 0.5) is 0 Å². The van der Waals surface area contributed by atoms with Gasteiger partial charge in [0.15, 0.2) is 0 Å². The molecule has 0 amide bonds. The highest BCUT2D eigenvalue weighted by atomic mass is 16.6. The summed E-state index contributed by atoms with van der Waals surface area (Å²) in [5.74, 6) is -0.439. The van der Waals surface area contributed by atoms with Crippen molar-refractivity contribution in [3.05, 3.63) is 12.2 Å². The highest BCUT2D eigenvalue weighted by molar-refractivity contribution is 5.67. The Labute approximate surface area is 75.7 Å². The molecule has 3 atom stereocenters. The van der Waals surface area contributed by atoms with Gasteiger partial charge in [-0.1, -0.05) is 12.2 Å². The summed E-state index contributed by atoms with van der Waals surface area (Å²) in [6.07, 6.45) is 3.67. The molecule has 0 unspecified atom stereocenters. The quantitative estimate of drug-likeness (QED) is 0.435. The van der Waals surface area contributed by atoms with Crippen LogP contribution in [0.15, 0.2) is 12.2 Å². The van der Waals surface area contributed by atoms with E-state index in [9.17, 15) is 4.79 Å². The minimum atomic E-state index is -1.08. The number of hydrogen-bond acceptors (Lipinski definition) is 4. The van der Waals surface area contributed by atoms with Crippen molar-refractivity contribution in [2.24, 2.45) is 0 Å². The summed E-state index contributed by atoms with van der Waals surface area (Å²) < 4.78 is 10.4. The number of nitrogens with zero attached hydrogens (tertiary/aromatic N) is 1. The Kier molecular flexibility index (Phi) is 1.64. The molecule has 0 spiro atoms. The SMILES string of the molecule is CC(=O)O[C@@]1(C#N)C[C@@H]2C=C[C@H]1O2. The third-order valence-corrected chi connectivity index (χ3v) is 2.30. The number of carbonyl (C=O) groups excluding carboxylic acids is 1. The smallest absolute Gasteiger partial charge is 0.304 e. The second kappa shape index (κ2) is 2.57. The van der Waals surface area contributed by atoms with Gasteiger partial charge in [0.2, 0.25) is 5.60 Å². The zero-order valence-corrected chi connectivity index (χ0v) is 7.19. The molecule has 0 aromatic rings. The zero-order chi connectivity index (χ0) is 9.47.